The second-order valence-electron chi connectivity index (χ2n) is 6.49. The average molecular weight is 330 g/mol. The molecule has 1 aliphatic rings. The molecule has 0 aromatic heterocycles. The molecule has 5 heteroatoms. The molecule has 1 aliphatic heterocycles. The molecule has 1 atom stereocenters. The molecular formula is C19H30N4O. The van der Waals surface area contributed by atoms with E-state index in [2.05, 4.69) is 34.3 Å². The van der Waals surface area contributed by atoms with Gasteiger partial charge >= 0.3 is 0 Å². The first-order chi connectivity index (χ1) is 11.6. The monoisotopic (exact) mass is 330 g/mol. The van der Waals surface area contributed by atoms with Crippen LogP contribution in [0.15, 0.2) is 35.3 Å². The number of carbonyl (C=O) groups excluding carboxylic acids is 1. The van der Waals surface area contributed by atoms with Gasteiger partial charge in [-0.25, -0.2) is 0 Å². The summed E-state index contributed by atoms with van der Waals surface area (Å²) in [6.45, 7) is 7.95. The summed E-state index contributed by atoms with van der Waals surface area (Å²) in [6, 6.07) is 10.1. The summed E-state index contributed by atoms with van der Waals surface area (Å²) < 4.78 is 0. The van der Waals surface area contributed by atoms with E-state index in [1.54, 1.807) is 7.05 Å². The zero-order valence-electron chi connectivity index (χ0n) is 15.2. The SMILES string of the molecule is CCN(Cc1ccccc1)C(=O)CNC(=NC)N1CCCC(C)C1. The molecule has 132 valence electrons. The van der Waals surface area contributed by atoms with Crippen LogP contribution in [0.4, 0.5) is 0 Å². The predicted molar refractivity (Wildman–Crippen MR) is 98.9 cm³/mol. The van der Waals surface area contributed by atoms with Gasteiger partial charge in [0.1, 0.15) is 0 Å². The summed E-state index contributed by atoms with van der Waals surface area (Å²) >= 11 is 0. The van der Waals surface area contributed by atoms with E-state index < -0.39 is 0 Å². The molecule has 2 rings (SSSR count). The topological polar surface area (TPSA) is 47.9 Å². The Hall–Kier alpha value is -2.04. The molecule has 1 heterocycles. The zero-order valence-corrected chi connectivity index (χ0v) is 15.2. The molecule has 0 spiro atoms. The number of hydrogen-bond donors (Lipinski definition) is 1. The first kappa shape index (κ1) is 18.3. The molecule has 1 amide bonds. The van der Waals surface area contributed by atoms with Crippen molar-refractivity contribution in [3.8, 4) is 0 Å². The number of nitrogens with zero attached hydrogens (tertiary/aromatic N) is 3. The largest absolute Gasteiger partial charge is 0.347 e. The van der Waals surface area contributed by atoms with Gasteiger partial charge in [0.25, 0.3) is 0 Å². The predicted octanol–water partition coefficient (Wildman–Crippen LogP) is 2.34. The Morgan fingerprint density at radius 1 is 1.38 bits per heavy atom. The van der Waals surface area contributed by atoms with E-state index in [0.29, 0.717) is 19.0 Å². The fourth-order valence-corrected chi connectivity index (χ4v) is 3.16. The Balaban J connectivity index is 1.87. The van der Waals surface area contributed by atoms with E-state index >= 15 is 0 Å². The summed E-state index contributed by atoms with van der Waals surface area (Å²) in [6.07, 6.45) is 2.46. The molecule has 1 saturated heterocycles. The normalized spacial score (nSPS) is 18.4. The number of nitrogens with one attached hydrogen (secondary N) is 1. The summed E-state index contributed by atoms with van der Waals surface area (Å²) in [4.78, 5) is 21.0. The van der Waals surface area contributed by atoms with E-state index in [-0.39, 0.29) is 12.5 Å². The molecule has 24 heavy (non-hydrogen) atoms. The Bertz CT molecular complexity index is 544. The van der Waals surface area contributed by atoms with Gasteiger partial charge in [-0.15, -0.1) is 0 Å². The number of piperidine rings is 1. The van der Waals surface area contributed by atoms with Crippen LogP contribution in [-0.2, 0) is 11.3 Å². The van der Waals surface area contributed by atoms with Crippen molar-refractivity contribution in [2.45, 2.75) is 33.2 Å². The minimum absolute atomic E-state index is 0.104. The zero-order chi connectivity index (χ0) is 17.4. The van der Waals surface area contributed by atoms with Gasteiger partial charge in [0.05, 0.1) is 6.54 Å². The van der Waals surface area contributed by atoms with Gasteiger partial charge in [0.2, 0.25) is 5.91 Å². The first-order valence-electron chi connectivity index (χ1n) is 8.91. The molecule has 1 unspecified atom stereocenters. The highest BCUT2D eigenvalue weighted by Gasteiger charge is 2.20. The molecule has 1 N–H and O–H groups in total. The van der Waals surface area contributed by atoms with Crippen molar-refractivity contribution in [1.29, 1.82) is 0 Å². The van der Waals surface area contributed by atoms with E-state index in [4.69, 9.17) is 0 Å². The lowest BCUT2D eigenvalue weighted by Crippen LogP contribution is -2.49. The Labute approximate surface area is 145 Å². The maximum atomic E-state index is 12.5. The van der Waals surface area contributed by atoms with Crippen molar-refractivity contribution < 1.29 is 4.79 Å². The quantitative estimate of drug-likeness (QED) is 0.666. The summed E-state index contributed by atoms with van der Waals surface area (Å²) in [5, 5.41) is 3.24. The van der Waals surface area contributed by atoms with Crippen LogP contribution in [0.25, 0.3) is 0 Å². The molecule has 0 bridgehead atoms. The number of benzene rings is 1. The number of amides is 1. The minimum Gasteiger partial charge on any atom is -0.347 e. The van der Waals surface area contributed by atoms with Crippen LogP contribution in [0.1, 0.15) is 32.3 Å². The second-order valence-corrected chi connectivity index (χ2v) is 6.49. The van der Waals surface area contributed by atoms with Gasteiger partial charge in [-0.1, -0.05) is 37.3 Å². The van der Waals surface area contributed by atoms with Crippen molar-refractivity contribution in [1.82, 2.24) is 15.1 Å². The molecule has 5 nitrogen and oxygen atoms in total. The Morgan fingerprint density at radius 2 is 2.12 bits per heavy atom. The standard InChI is InChI=1S/C19H30N4O/c1-4-22(15-17-10-6-5-7-11-17)18(24)13-21-19(20-3)23-12-8-9-16(2)14-23/h5-7,10-11,16H,4,8-9,12-15H2,1-3H3,(H,20,21). The van der Waals surface area contributed by atoms with Gasteiger partial charge < -0.3 is 15.1 Å². The van der Waals surface area contributed by atoms with Crippen LogP contribution in [0.3, 0.4) is 0 Å². The van der Waals surface area contributed by atoms with Gasteiger partial charge in [0, 0.05) is 33.2 Å². The molecule has 1 aromatic carbocycles. The van der Waals surface area contributed by atoms with Gasteiger partial charge in [-0.05, 0) is 31.2 Å². The fraction of sp³-hybridized carbons (Fsp3) is 0.579. The maximum absolute atomic E-state index is 12.5. The lowest BCUT2D eigenvalue weighted by molar-refractivity contribution is -0.130. The van der Waals surface area contributed by atoms with Crippen molar-refractivity contribution in [3.63, 3.8) is 0 Å². The number of rotatable bonds is 5. The number of carbonyl (C=O) groups is 1. The second kappa shape index (κ2) is 9.30. The summed E-state index contributed by atoms with van der Waals surface area (Å²) in [7, 11) is 1.79. The minimum atomic E-state index is 0.104. The van der Waals surface area contributed by atoms with Crippen LogP contribution >= 0.6 is 0 Å². The van der Waals surface area contributed by atoms with E-state index in [9.17, 15) is 4.79 Å². The smallest absolute Gasteiger partial charge is 0.242 e. The summed E-state index contributed by atoms with van der Waals surface area (Å²) in [5.41, 5.74) is 1.15. The Morgan fingerprint density at radius 3 is 2.75 bits per heavy atom. The van der Waals surface area contributed by atoms with Crippen LogP contribution in [-0.4, -0.2) is 54.9 Å². The highest BCUT2D eigenvalue weighted by Crippen LogP contribution is 2.15. The van der Waals surface area contributed by atoms with Gasteiger partial charge in [0.15, 0.2) is 5.96 Å². The number of hydrogen-bond acceptors (Lipinski definition) is 2. The van der Waals surface area contributed by atoms with Crippen LogP contribution in [0, 0.1) is 5.92 Å². The molecule has 1 fully saturated rings. The third kappa shape index (κ3) is 5.25. The lowest BCUT2D eigenvalue weighted by atomic mass is 10.0. The summed E-state index contributed by atoms with van der Waals surface area (Å²) in [5.74, 6) is 1.62. The molecule has 0 saturated carbocycles. The average Bonchev–Trinajstić information content (AvgIpc) is 2.61. The van der Waals surface area contributed by atoms with Crippen molar-refractivity contribution in [2.75, 3.05) is 33.2 Å². The van der Waals surface area contributed by atoms with Crippen LogP contribution in [0.2, 0.25) is 0 Å². The number of aliphatic imine (C=N–C) groups is 1. The molecular weight excluding hydrogens is 300 g/mol. The van der Waals surface area contributed by atoms with E-state index in [1.807, 2.05) is 30.0 Å². The van der Waals surface area contributed by atoms with Crippen LogP contribution < -0.4 is 5.32 Å². The highest BCUT2D eigenvalue weighted by molar-refractivity contribution is 5.86. The van der Waals surface area contributed by atoms with Crippen molar-refractivity contribution in [3.05, 3.63) is 35.9 Å². The van der Waals surface area contributed by atoms with Crippen molar-refractivity contribution in [2.24, 2.45) is 10.9 Å². The Kier molecular flexibility index (Phi) is 7.09. The number of guanidine groups is 1. The number of likely N-dealkylation sites (tertiary alicyclic amines) is 1. The first-order valence-corrected chi connectivity index (χ1v) is 8.91. The molecule has 0 radical (unpaired) electrons. The van der Waals surface area contributed by atoms with E-state index in [0.717, 1.165) is 24.6 Å². The van der Waals surface area contributed by atoms with E-state index in [1.165, 1.54) is 12.8 Å². The van der Waals surface area contributed by atoms with Crippen molar-refractivity contribution >= 4 is 11.9 Å². The van der Waals surface area contributed by atoms with Gasteiger partial charge in [-0.2, -0.15) is 0 Å². The molecule has 0 aliphatic carbocycles. The fourth-order valence-electron chi connectivity index (χ4n) is 3.16. The lowest BCUT2D eigenvalue weighted by Gasteiger charge is -2.33. The molecule has 1 aromatic rings. The van der Waals surface area contributed by atoms with Crippen LogP contribution in [0.5, 0.6) is 0 Å². The third-order valence-corrected chi connectivity index (χ3v) is 4.52. The highest BCUT2D eigenvalue weighted by atomic mass is 16.2. The number of likely N-dealkylation sites (N-methyl/N-ethyl adjacent to an activating group) is 1. The maximum Gasteiger partial charge on any atom is 0.242 e. The van der Waals surface area contributed by atoms with Gasteiger partial charge in [-0.3, -0.25) is 9.79 Å². The third-order valence-electron chi connectivity index (χ3n) is 4.52.